The molecule has 0 fully saturated rings. The van der Waals surface area contributed by atoms with Gasteiger partial charge < -0.3 is 9.72 Å². The van der Waals surface area contributed by atoms with E-state index in [0.717, 1.165) is 28.5 Å². The Hall–Kier alpha value is -2.69. The van der Waals surface area contributed by atoms with Gasteiger partial charge in [0.1, 0.15) is 12.4 Å². The van der Waals surface area contributed by atoms with Gasteiger partial charge in [-0.2, -0.15) is 0 Å². The van der Waals surface area contributed by atoms with Crippen molar-refractivity contribution in [2.75, 3.05) is 0 Å². The highest BCUT2D eigenvalue weighted by molar-refractivity contribution is 5.57. The van der Waals surface area contributed by atoms with Crippen LogP contribution in [0.25, 0.3) is 11.3 Å². The first-order valence-corrected chi connectivity index (χ1v) is 6.75. The van der Waals surface area contributed by atoms with E-state index in [1.807, 2.05) is 44.2 Å². The van der Waals surface area contributed by atoms with Crippen molar-refractivity contribution in [3.8, 4) is 17.1 Å². The van der Waals surface area contributed by atoms with Gasteiger partial charge in [-0.15, -0.1) is 0 Å². The summed E-state index contributed by atoms with van der Waals surface area (Å²) in [4.78, 5) is 16.1. The van der Waals surface area contributed by atoms with Crippen LogP contribution in [0, 0.1) is 13.8 Å². The highest BCUT2D eigenvalue weighted by Gasteiger charge is 2.05. The molecule has 0 saturated carbocycles. The molecule has 3 rings (SSSR count). The number of aromatic nitrogens is 4. The molecule has 106 valence electrons. The predicted octanol–water partition coefficient (Wildman–Crippen LogP) is 3.06. The summed E-state index contributed by atoms with van der Waals surface area (Å²) in [6.07, 6.45) is 3.43. The minimum atomic E-state index is 0.337. The second-order valence-corrected chi connectivity index (χ2v) is 4.78. The van der Waals surface area contributed by atoms with Gasteiger partial charge in [0.15, 0.2) is 0 Å². The first-order chi connectivity index (χ1) is 10.2. The number of imidazole rings is 1. The Morgan fingerprint density at radius 2 is 1.81 bits per heavy atom. The maximum Gasteiger partial charge on any atom is 0.232 e. The van der Waals surface area contributed by atoms with E-state index in [-0.39, 0.29) is 0 Å². The van der Waals surface area contributed by atoms with Crippen molar-refractivity contribution in [3.05, 3.63) is 59.9 Å². The number of hydrogen-bond donors (Lipinski definition) is 1. The van der Waals surface area contributed by atoms with Gasteiger partial charge in [-0.25, -0.2) is 9.97 Å². The van der Waals surface area contributed by atoms with E-state index in [1.54, 1.807) is 12.4 Å². The Labute approximate surface area is 123 Å². The fraction of sp³-hybridized carbons (Fsp3) is 0.188. The number of H-pyrrole nitrogens is 1. The molecular formula is C16H16N4O. The molecular weight excluding hydrogens is 264 g/mol. The first kappa shape index (κ1) is 13.3. The zero-order chi connectivity index (χ0) is 14.7. The third-order valence-corrected chi connectivity index (χ3v) is 3.24. The van der Waals surface area contributed by atoms with E-state index in [9.17, 15) is 0 Å². The van der Waals surface area contributed by atoms with Crippen molar-refractivity contribution in [1.29, 1.82) is 0 Å². The Morgan fingerprint density at radius 1 is 1.00 bits per heavy atom. The molecule has 0 aliphatic heterocycles. The van der Waals surface area contributed by atoms with Crippen LogP contribution in [-0.4, -0.2) is 19.9 Å². The molecule has 0 radical (unpaired) electrons. The standard InChI is InChI=1S/C16H16N4O/c1-11-12(2)19-16(9-17-11)21-10-15-18-8-14(20-15)13-6-4-3-5-7-13/h3-9H,10H2,1-2H3,(H,18,20). The van der Waals surface area contributed by atoms with Gasteiger partial charge in [-0.3, -0.25) is 4.98 Å². The molecule has 0 spiro atoms. The molecule has 3 aromatic rings. The largest absolute Gasteiger partial charge is 0.468 e. The lowest BCUT2D eigenvalue weighted by atomic mass is 10.2. The summed E-state index contributed by atoms with van der Waals surface area (Å²) < 4.78 is 5.61. The molecule has 0 aliphatic carbocycles. The van der Waals surface area contributed by atoms with Crippen LogP contribution in [-0.2, 0) is 6.61 Å². The SMILES string of the molecule is Cc1ncc(OCc2ncc(-c3ccccc3)[nH]2)nc1C. The van der Waals surface area contributed by atoms with Crippen LogP contribution >= 0.6 is 0 Å². The molecule has 5 nitrogen and oxygen atoms in total. The fourth-order valence-corrected chi connectivity index (χ4v) is 1.93. The number of nitrogens with zero attached hydrogens (tertiary/aromatic N) is 3. The molecule has 2 heterocycles. The van der Waals surface area contributed by atoms with Crippen molar-refractivity contribution in [2.24, 2.45) is 0 Å². The maximum atomic E-state index is 5.61. The second kappa shape index (κ2) is 5.75. The van der Waals surface area contributed by atoms with Crippen LogP contribution in [0.1, 0.15) is 17.2 Å². The molecule has 0 bridgehead atoms. The van der Waals surface area contributed by atoms with E-state index in [4.69, 9.17) is 4.74 Å². The van der Waals surface area contributed by atoms with Gasteiger partial charge in [0.05, 0.1) is 29.5 Å². The highest BCUT2D eigenvalue weighted by Crippen LogP contribution is 2.17. The Kier molecular flexibility index (Phi) is 3.64. The van der Waals surface area contributed by atoms with Gasteiger partial charge in [-0.1, -0.05) is 30.3 Å². The van der Waals surface area contributed by atoms with Crippen molar-refractivity contribution >= 4 is 0 Å². The van der Waals surface area contributed by atoms with Crippen molar-refractivity contribution in [2.45, 2.75) is 20.5 Å². The summed E-state index contributed by atoms with van der Waals surface area (Å²) in [5.41, 5.74) is 3.85. The molecule has 21 heavy (non-hydrogen) atoms. The number of aryl methyl sites for hydroxylation is 2. The van der Waals surface area contributed by atoms with E-state index in [2.05, 4.69) is 19.9 Å². The van der Waals surface area contributed by atoms with Crippen LogP contribution in [0.5, 0.6) is 5.88 Å². The van der Waals surface area contributed by atoms with Crippen LogP contribution in [0.15, 0.2) is 42.7 Å². The maximum absolute atomic E-state index is 5.61. The van der Waals surface area contributed by atoms with E-state index < -0.39 is 0 Å². The monoisotopic (exact) mass is 280 g/mol. The predicted molar refractivity (Wildman–Crippen MR) is 79.9 cm³/mol. The lowest BCUT2D eigenvalue weighted by Crippen LogP contribution is -2.01. The van der Waals surface area contributed by atoms with E-state index in [0.29, 0.717) is 12.5 Å². The zero-order valence-electron chi connectivity index (χ0n) is 12.0. The van der Waals surface area contributed by atoms with Crippen LogP contribution in [0.2, 0.25) is 0 Å². The normalized spacial score (nSPS) is 10.6. The number of aromatic amines is 1. The highest BCUT2D eigenvalue weighted by atomic mass is 16.5. The molecule has 2 aromatic heterocycles. The van der Waals surface area contributed by atoms with Gasteiger partial charge in [-0.05, 0) is 19.4 Å². The quantitative estimate of drug-likeness (QED) is 0.797. The third kappa shape index (κ3) is 3.08. The summed E-state index contributed by atoms with van der Waals surface area (Å²) in [6, 6.07) is 10.1. The summed E-state index contributed by atoms with van der Waals surface area (Å²) in [6.45, 7) is 4.17. The third-order valence-electron chi connectivity index (χ3n) is 3.24. The first-order valence-electron chi connectivity index (χ1n) is 6.75. The average Bonchev–Trinajstić information content (AvgIpc) is 2.98. The number of benzene rings is 1. The summed E-state index contributed by atoms with van der Waals surface area (Å²) in [7, 11) is 0. The van der Waals surface area contributed by atoms with E-state index in [1.165, 1.54) is 0 Å². The molecule has 0 atom stereocenters. The number of ether oxygens (including phenoxy) is 1. The minimum Gasteiger partial charge on any atom is -0.468 e. The van der Waals surface area contributed by atoms with Crippen molar-refractivity contribution in [1.82, 2.24) is 19.9 Å². The molecule has 0 saturated heterocycles. The smallest absolute Gasteiger partial charge is 0.232 e. The van der Waals surface area contributed by atoms with Crippen LogP contribution in [0.4, 0.5) is 0 Å². The Balaban J connectivity index is 1.69. The Bertz CT molecular complexity index is 737. The van der Waals surface area contributed by atoms with Crippen LogP contribution < -0.4 is 4.74 Å². The molecule has 5 heteroatoms. The van der Waals surface area contributed by atoms with Gasteiger partial charge >= 0.3 is 0 Å². The molecule has 1 aromatic carbocycles. The zero-order valence-corrected chi connectivity index (χ0v) is 12.0. The fourth-order valence-electron chi connectivity index (χ4n) is 1.93. The van der Waals surface area contributed by atoms with Gasteiger partial charge in [0.2, 0.25) is 5.88 Å². The van der Waals surface area contributed by atoms with Gasteiger partial charge in [0, 0.05) is 0 Å². The second-order valence-electron chi connectivity index (χ2n) is 4.78. The minimum absolute atomic E-state index is 0.337. The molecule has 0 amide bonds. The number of nitrogens with one attached hydrogen (secondary N) is 1. The van der Waals surface area contributed by atoms with Gasteiger partial charge in [0.25, 0.3) is 0 Å². The molecule has 1 N–H and O–H groups in total. The summed E-state index contributed by atoms with van der Waals surface area (Å²) in [5.74, 6) is 1.27. The average molecular weight is 280 g/mol. The Morgan fingerprint density at radius 3 is 2.57 bits per heavy atom. The van der Waals surface area contributed by atoms with E-state index >= 15 is 0 Å². The lowest BCUT2D eigenvalue weighted by Gasteiger charge is -2.04. The topological polar surface area (TPSA) is 63.7 Å². The number of hydrogen-bond acceptors (Lipinski definition) is 4. The van der Waals surface area contributed by atoms with Crippen molar-refractivity contribution < 1.29 is 4.74 Å². The lowest BCUT2D eigenvalue weighted by molar-refractivity contribution is 0.283. The molecule has 0 aliphatic rings. The summed E-state index contributed by atoms with van der Waals surface area (Å²) >= 11 is 0. The molecule has 0 unspecified atom stereocenters. The van der Waals surface area contributed by atoms with Crippen LogP contribution in [0.3, 0.4) is 0 Å². The summed E-state index contributed by atoms with van der Waals surface area (Å²) in [5, 5.41) is 0. The number of rotatable bonds is 4. The van der Waals surface area contributed by atoms with Crippen molar-refractivity contribution in [3.63, 3.8) is 0 Å².